The first-order chi connectivity index (χ1) is 4.84. The van der Waals surface area contributed by atoms with E-state index in [2.05, 4.69) is 37.8 Å². The van der Waals surface area contributed by atoms with Gasteiger partial charge < -0.3 is 0 Å². The Labute approximate surface area is 62.9 Å². The van der Waals surface area contributed by atoms with Gasteiger partial charge in [-0.2, -0.15) is 0 Å². The Morgan fingerprint density at radius 3 is 2.90 bits per heavy atom. The van der Waals surface area contributed by atoms with Gasteiger partial charge >= 0.3 is 0 Å². The molecule has 0 saturated carbocycles. The second-order valence-electron chi connectivity index (χ2n) is 2.67. The smallest absolute Gasteiger partial charge is 0.00117 e. The van der Waals surface area contributed by atoms with Crippen molar-refractivity contribution in [2.45, 2.75) is 19.8 Å². The Bertz CT molecular complexity index is 172. The summed E-state index contributed by atoms with van der Waals surface area (Å²) in [4.78, 5) is 0. The highest BCUT2D eigenvalue weighted by atomic mass is 14.1. The van der Waals surface area contributed by atoms with E-state index in [-0.39, 0.29) is 0 Å². The Hall–Kier alpha value is -0.780. The quantitative estimate of drug-likeness (QED) is 0.509. The van der Waals surface area contributed by atoms with Crippen molar-refractivity contribution in [1.29, 1.82) is 0 Å². The normalized spacial score (nSPS) is 23.1. The van der Waals surface area contributed by atoms with Gasteiger partial charge in [0.2, 0.25) is 0 Å². The van der Waals surface area contributed by atoms with Crippen LogP contribution in [0.4, 0.5) is 0 Å². The zero-order chi connectivity index (χ0) is 7.40. The topological polar surface area (TPSA) is 0 Å². The van der Waals surface area contributed by atoms with Gasteiger partial charge in [-0.1, -0.05) is 43.4 Å². The number of allylic oxidation sites excluding steroid dienone is 5. The van der Waals surface area contributed by atoms with Crippen molar-refractivity contribution < 1.29 is 0 Å². The third-order valence-corrected chi connectivity index (χ3v) is 1.96. The van der Waals surface area contributed by atoms with Gasteiger partial charge in [-0.05, 0) is 12.8 Å². The highest BCUT2D eigenvalue weighted by Crippen LogP contribution is 2.21. The fraction of sp³-hybridized carbons (Fsp3) is 0.400. The lowest BCUT2D eigenvalue weighted by atomic mass is 9.92. The third-order valence-electron chi connectivity index (χ3n) is 1.96. The molecule has 0 spiro atoms. The largest absolute Gasteiger partial charge is 0.0993 e. The van der Waals surface area contributed by atoms with Crippen LogP contribution in [-0.2, 0) is 0 Å². The lowest BCUT2D eigenvalue weighted by Crippen LogP contribution is -1.99. The van der Waals surface area contributed by atoms with Crippen LogP contribution in [0.15, 0.2) is 36.5 Å². The average molecular weight is 134 g/mol. The molecular weight excluding hydrogens is 120 g/mol. The van der Waals surface area contributed by atoms with Crippen LogP contribution in [-0.4, -0.2) is 0 Å². The lowest BCUT2D eigenvalue weighted by molar-refractivity contribution is 0.736. The van der Waals surface area contributed by atoms with Crippen LogP contribution in [0.1, 0.15) is 19.8 Å². The van der Waals surface area contributed by atoms with Gasteiger partial charge in [-0.25, -0.2) is 0 Å². The molecule has 0 aromatic carbocycles. The molecule has 0 amide bonds. The standard InChI is InChI=1S/C10H14/c1-3-9(2)10-7-5-4-6-8-10/h4-7,10H,2-3,8H2,1H3. The average Bonchev–Trinajstić information content (AvgIpc) is 2.05. The summed E-state index contributed by atoms with van der Waals surface area (Å²) >= 11 is 0. The third kappa shape index (κ3) is 1.60. The minimum absolute atomic E-state index is 0.606. The first-order valence-electron chi connectivity index (χ1n) is 3.85. The van der Waals surface area contributed by atoms with Crippen molar-refractivity contribution in [2.75, 3.05) is 0 Å². The van der Waals surface area contributed by atoms with Gasteiger partial charge in [-0.3, -0.25) is 0 Å². The second kappa shape index (κ2) is 3.40. The van der Waals surface area contributed by atoms with E-state index in [9.17, 15) is 0 Å². The van der Waals surface area contributed by atoms with Crippen molar-refractivity contribution in [3.8, 4) is 0 Å². The van der Waals surface area contributed by atoms with Gasteiger partial charge in [0.1, 0.15) is 0 Å². The molecule has 0 nitrogen and oxygen atoms in total. The van der Waals surface area contributed by atoms with Crippen LogP contribution < -0.4 is 0 Å². The van der Waals surface area contributed by atoms with Crippen LogP contribution in [0.25, 0.3) is 0 Å². The second-order valence-corrected chi connectivity index (χ2v) is 2.67. The molecule has 1 rings (SSSR count). The van der Waals surface area contributed by atoms with Crippen LogP contribution in [0, 0.1) is 5.92 Å². The fourth-order valence-electron chi connectivity index (χ4n) is 1.15. The Morgan fingerprint density at radius 1 is 1.60 bits per heavy atom. The highest BCUT2D eigenvalue weighted by Gasteiger charge is 2.06. The summed E-state index contributed by atoms with van der Waals surface area (Å²) < 4.78 is 0. The van der Waals surface area contributed by atoms with E-state index in [4.69, 9.17) is 0 Å². The van der Waals surface area contributed by atoms with Crippen molar-refractivity contribution >= 4 is 0 Å². The van der Waals surface area contributed by atoms with Gasteiger partial charge in [-0.15, -0.1) is 0 Å². The van der Waals surface area contributed by atoms with E-state index in [0.29, 0.717) is 5.92 Å². The molecule has 1 aliphatic carbocycles. The molecule has 1 aliphatic rings. The van der Waals surface area contributed by atoms with E-state index >= 15 is 0 Å². The predicted octanol–water partition coefficient (Wildman–Crippen LogP) is 3.08. The number of hydrogen-bond donors (Lipinski definition) is 0. The van der Waals surface area contributed by atoms with Crippen molar-refractivity contribution in [3.05, 3.63) is 36.5 Å². The van der Waals surface area contributed by atoms with Crippen LogP contribution >= 0.6 is 0 Å². The predicted molar refractivity (Wildman–Crippen MR) is 45.8 cm³/mol. The maximum absolute atomic E-state index is 4.01. The lowest BCUT2D eigenvalue weighted by Gasteiger charge is -2.13. The monoisotopic (exact) mass is 134 g/mol. The molecular formula is C10H14. The Morgan fingerprint density at radius 2 is 2.40 bits per heavy atom. The molecule has 0 bridgehead atoms. The molecule has 0 aromatic rings. The molecule has 0 fully saturated rings. The van der Waals surface area contributed by atoms with Crippen LogP contribution in [0.5, 0.6) is 0 Å². The van der Waals surface area contributed by atoms with E-state index in [1.54, 1.807) is 0 Å². The zero-order valence-corrected chi connectivity index (χ0v) is 6.51. The minimum Gasteiger partial charge on any atom is -0.0993 e. The molecule has 0 heteroatoms. The van der Waals surface area contributed by atoms with Crippen molar-refractivity contribution in [1.82, 2.24) is 0 Å². The Balaban J connectivity index is 2.51. The molecule has 0 radical (unpaired) electrons. The summed E-state index contributed by atoms with van der Waals surface area (Å²) in [5.74, 6) is 0.606. The van der Waals surface area contributed by atoms with Gasteiger partial charge in [0.15, 0.2) is 0 Å². The summed E-state index contributed by atoms with van der Waals surface area (Å²) in [5, 5.41) is 0. The van der Waals surface area contributed by atoms with Crippen molar-refractivity contribution in [2.24, 2.45) is 5.92 Å². The first-order valence-corrected chi connectivity index (χ1v) is 3.85. The minimum atomic E-state index is 0.606. The molecule has 0 N–H and O–H groups in total. The summed E-state index contributed by atoms with van der Waals surface area (Å²) in [6.45, 7) is 6.17. The maximum Gasteiger partial charge on any atom is 0.00117 e. The number of hydrogen-bond acceptors (Lipinski definition) is 0. The fourth-order valence-corrected chi connectivity index (χ4v) is 1.15. The summed E-state index contributed by atoms with van der Waals surface area (Å²) in [6.07, 6.45) is 10.9. The van der Waals surface area contributed by atoms with E-state index in [1.807, 2.05) is 0 Å². The van der Waals surface area contributed by atoms with Crippen LogP contribution in [0.2, 0.25) is 0 Å². The van der Waals surface area contributed by atoms with Gasteiger partial charge in [0, 0.05) is 5.92 Å². The first kappa shape index (κ1) is 7.33. The van der Waals surface area contributed by atoms with E-state index in [0.717, 1.165) is 12.8 Å². The van der Waals surface area contributed by atoms with Crippen LogP contribution in [0.3, 0.4) is 0 Å². The molecule has 1 atom stereocenters. The molecule has 0 saturated heterocycles. The van der Waals surface area contributed by atoms with E-state index in [1.165, 1.54) is 5.57 Å². The maximum atomic E-state index is 4.01. The molecule has 54 valence electrons. The molecule has 0 aliphatic heterocycles. The highest BCUT2D eigenvalue weighted by molar-refractivity contribution is 5.19. The summed E-state index contributed by atoms with van der Waals surface area (Å²) in [7, 11) is 0. The molecule has 10 heavy (non-hydrogen) atoms. The SMILES string of the molecule is C=C(CC)C1C=CC=CC1. The summed E-state index contributed by atoms with van der Waals surface area (Å²) in [6, 6.07) is 0. The van der Waals surface area contributed by atoms with Crippen molar-refractivity contribution in [3.63, 3.8) is 0 Å². The number of rotatable bonds is 2. The molecule has 1 unspecified atom stereocenters. The van der Waals surface area contributed by atoms with E-state index < -0.39 is 0 Å². The van der Waals surface area contributed by atoms with Gasteiger partial charge in [0.05, 0.1) is 0 Å². The Kier molecular flexibility index (Phi) is 2.49. The molecule has 0 heterocycles. The summed E-state index contributed by atoms with van der Waals surface area (Å²) in [5.41, 5.74) is 1.35. The molecule has 0 aromatic heterocycles. The zero-order valence-electron chi connectivity index (χ0n) is 6.51. The van der Waals surface area contributed by atoms with Gasteiger partial charge in [0.25, 0.3) is 0 Å².